The Hall–Kier alpha value is -4.12. The number of pyridine rings is 1. The fourth-order valence-electron chi connectivity index (χ4n) is 4.87. The van der Waals surface area contributed by atoms with E-state index in [1.807, 2.05) is 26.0 Å². The largest absolute Gasteiger partial charge is 0.481 e. The molecule has 0 spiro atoms. The molecule has 0 amide bonds. The lowest BCUT2D eigenvalue weighted by Gasteiger charge is -2.31. The minimum atomic E-state index is -1.08. The van der Waals surface area contributed by atoms with Crippen molar-refractivity contribution in [1.29, 1.82) is 0 Å². The lowest BCUT2D eigenvalue weighted by Crippen LogP contribution is -2.35. The molecule has 0 aliphatic carbocycles. The third-order valence-electron chi connectivity index (χ3n) is 7.02. The Kier molecular flexibility index (Phi) is 8.70. The van der Waals surface area contributed by atoms with E-state index in [1.165, 1.54) is 12.1 Å². The topological polar surface area (TPSA) is 138 Å². The molecule has 0 bridgehead atoms. The number of carbonyl (C=O) groups is 2. The minimum Gasteiger partial charge on any atom is -0.481 e. The molecule has 0 atom stereocenters. The summed E-state index contributed by atoms with van der Waals surface area (Å²) >= 11 is 0. The molecule has 10 nitrogen and oxygen atoms in total. The number of piperidine rings is 1. The van der Waals surface area contributed by atoms with E-state index in [9.17, 15) is 18.8 Å². The van der Waals surface area contributed by atoms with Crippen molar-refractivity contribution in [2.24, 2.45) is 0 Å². The number of likely N-dealkylation sites (tertiary alicyclic amines) is 1. The zero-order chi connectivity index (χ0) is 28.1. The molecule has 0 radical (unpaired) electrons. The first kappa shape index (κ1) is 27.9. The summed E-state index contributed by atoms with van der Waals surface area (Å²) in [6.45, 7) is 6.59. The summed E-state index contributed by atoms with van der Waals surface area (Å²) in [6.07, 6.45) is 3.81. The lowest BCUT2D eigenvalue weighted by atomic mass is 9.91. The molecule has 39 heavy (non-hydrogen) atoms. The molecule has 4 aromatic rings. The quantitative estimate of drug-likeness (QED) is 0.358. The lowest BCUT2D eigenvalue weighted by molar-refractivity contribution is -0.143. The summed E-state index contributed by atoms with van der Waals surface area (Å²) in [6, 6.07) is 8.46. The molecule has 3 aromatic heterocycles. The third kappa shape index (κ3) is 6.66. The van der Waals surface area contributed by atoms with Gasteiger partial charge in [0.15, 0.2) is 5.58 Å². The van der Waals surface area contributed by atoms with Gasteiger partial charge in [-0.15, -0.1) is 0 Å². The van der Waals surface area contributed by atoms with E-state index >= 15 is 0 Å². The molecule has 1 fully saturated rings. The molecule has 0 saturated carbocycles. The molecule has 1 saturated heterocycles. The summed E-state index contributed by atoms with van der Waals surface area (Å²) in [7, 11) is 0. The van der Waals surface area contributed by atoms with Crippen LogP contribution in [0.25, 0.3) is 16.6 Å². The second-order valence-electron chi connectivity index (χ2n) is 9.73. The molecule has 1 aromatic carbocycles. The van der Waals surface area contributed by atoms with Crippen LogP contribution in [-0.4, -0.2) is 61.2 Å². The Labute approximate surface area is 223 Å². The van der Waals surface area contributed by atoms with E-state index in [1.54, 1.807) is 16.7 Å². The van der Waals surface area contributed by atoms with Crippen molar-refractivity contribution in [3.8, 4) is 0 Å². The van der Waals surface area contributed by atoms with Crippen molar-refractivity contribution in [2.75, 3.05) is 19.6 Å². The van der Waals surface area contributed by atoms with Gasteiger partial charge < -0.3 is 19.6 Å². The number of carboxylic acid groups (broad SMARTS) is 2. The number of nitrogens with zero attached hydrogens (tertiary/aromatic N) is 4. The van der Waals surface area contributed by atoms with Crippen LogP contribution in [-0.2, 0) is 16.0 Å². The first-order valence-corrected chi connectivity index (χ1v) is 12.8. The molecule has 206 valence electrons. The van der Waals surface area contributed by atoms with Gasteiger partial charge in [-0.3, -0.25) is 18.8 Å². The van der Waals surface area contributed by atoms with Gasteiger partial charge in [0, 0.05) is 41.4 Å². The highest BCUT2D eigenvalue weighted by Crippen LogP contribution is 2.32. The number of rotatable bonds is 7. The van der Waals surface area contributed by atoms with E-state index in [2.05, 4.69) is 15.0 Å². The molecule has 4 heterocycles. The van der Waals surface area contributed by atoms with Crippen LogP contribution in [0.3, 0.4) is 0 Å². The van der Waals surface area contributed by atoms with Crippen molar-refractivity contribution in [2.45, 2.75) is 51.9 Å². The number of carboxylic acids is 2. The monoisotopic (exact) mass is 538 g/mol. The summed E-state index contributed by atoms with van der Waals surface area (Å²) in [5, 5.41) is 20.9. The summed E-state index contributed by atoms with van der Waals surface area (Å²) in [5.74, 6) is -2.16. The van der Waals surface area contributed by atoms with Gasteiger partial charge in [-0.05, 0) is 70.0 Å². The molecule has 0 unspecified atom stereocenters. The molecule has 1 aliphatic heterocycles. The molecule has 5 rings (SSSR count). The van der Waals surface area contributed by atoms with Crippen LogP contribution in [0.2, 0.25) is 0 Å². The van der Waals surface area contributed by atoms with Crippen molar-refractivity contribution in [3.05, 3.63) is 75.2 Å². The van der Waals surface area contributed by atoms with Gasteiger partial charge in [-0.1, -0.05) is 11.2 Å². The second-order valence-corrected chi connectivity index (χ2v) is 9.73. The zero-order valence-corrected chi connectivity index (χ0v) is 21.9. The maximum absolute atomic E-state index is 13.4. The van der Waals surface area contributed by atoms with Gasteiger partial charge in [0.1, 0.15) is 11.5 Å². The standard InChI is InChI=1S/C24H25FN4O2.C4H6O4/c1-15-4-3-10-29-23(15)26-16(2)19(24(29)30)9-13-28-11-7-17(8-12-28)22-20-6-5-18(25)14-21(20)31-27-22;5-3(6)1-2-4(7)8/h3-6,10,14,17H,7-9,11-13H2,1-2H3;1-2H2,(H,5,6)(H,7,8). The average molecular weight is 539 g/mol. The van der Waals surface area contributed by atoms with Gasteiger partial charge in [-0.25, -0.2) is 9.37 Å². The summed E-state index contributed by atoms with van der Waals surface area (Å²) in [4.78, 5) is 39.3. The second kappa shape index (κ2) is 12.2. The van der Waals surface area contributed by atoms with Crippen molar-refractivity contribution < 1.29 is 28.7 Å². The number of benzene rings is 1. The minimum absolute atomic E-state index is 0.0300. The number of aromatic nitrogens is 3. The Morgan fingerprint density at radius 3 is 2.46 bits per heavy atom. The van der Waals surface area contributed by atoms with Crippen LogP contribution in [0.1, 0.15) is 54.1 Å². The predicted octanol–water partition coefficient (Wildman–Crippen LogP) is 3.95. The highest BCUT2D eigenvalue weighted by molar-refractivity contribution is 5.80. The van der Waals surface area contributed by atoms with Crippen LogP contribution >= 0.6 is 0 Å². The van der Waals surface area contributed by atoms with E-state index < -0.39 is 11.9 Å². The molecular formula is C28H31FN4O6. The first-order valence-electron chi connectivity index (χ1n) is 12.8. The predicted molar refractivity (Wildman–Crippen MR) is 142 cm³/mol. The highest BCUT2D eigenvalue weighted by Gasteiger charge is 2.25. The first-order chi connectivity index (χ1) is 18.6. The van der Waals surface area contributed by atoms with Gasteiger partial charge in [0.05, 0.1) is 18.5 Å². The number of aryl methyl sites for hydroxylation is 2. The average Bonchev–Trinajstić information content (AvgIpc) is 3.32. The number of halogens is 1. The number of fused-ring (bicyclic) bond motifs is 2. The van der Waals surface area contributed by atoms with Crippen LogP contribution in [0.5, 0.6) is 0 Å². The SMILES string of the molecule is Cc1nc2c(C)cccn2c(=O)c1CCN1CCC(c2noc3cc(F)ccc23)CC1.O=C(O)CCC(=O)O. The number of aliphatic carboxylic acids is 2. The smallest absolute Gasteiger partial charge is 0.303 e. The summed E-state index contributed by atoms with van der Waals surface area (Å²) < 4.78 is 20.4. The highest BCUT2D eigenvalue weighted by atomic mass is 19.1. The van der Waals surface area contributed by atoms with Crippen molar-refractivity contribution >= 4 is 28.6 Å². The van der Waals surface area contributed by atoms with Crippen LogP contribution in [0.4, 0.5) is 4.39 Å². The molecule has 11 heteroatoms. The van der Waals surface area contributed by atoms with E-state index in [0.29, 0.717) is 17.9 Å². The maximum atomic E-state index is 13.4. The number of hydrogen-bond donors (Lipinski definition) is 2. The fourth-order valence-corrected chi connectivity index (χ4v) is 4.87. The Balaban J connectivity index is 0.000000386. The van der Waals surface area contributed by atoms with Gasteiger partial charge >= 0.3 is 11.9 Å². The van der Waals surface area contributed by atoms with Crippen molar-refractivity contribution in [3.63, 3.8) is 0 Å². The molecule has 1 aliphatic rings. The number of hydrogen-bond acceptors (Lipinski definition) is 7. The Morgan fingerprint density at radius 2 is 1.79 bits per heavy atom. The van der Waals surface area contributed by atoms with E-state index in [4.69, 9.17) is 14.7 Å². The van der Waals surface area contributed by atoms with Gasteiger partial charge in [-0.2, -0.15) is 0 Å². The molecular weight excluding hydrogens is 507 g/mol. The van der Waals surface area contributed by atoms with Crippen LogP contribution in [0.15, 0.2) is 45.8 Å². The van der Waals surface area contributed by atoms with Gasteiger partial charge in [0.2, 0.25) is 0 Å². The Bertz CT molecular complexity index is 1540. The summed E-state index contributed by atoms with van der Waals surface area (Å²) in [5.41, 5.74) is 4.80. The van der Waals surface area contributed by atoms with E-state index in [-0.39, 0.29) is 24.2 Å². The Morgan fingerprint density at radius 1 is 1.10 bits per heavy atom. The fraction of sp³-hybridized carbons (Fsp3) is 0.393. The molecule has 2 N–H and O–H groups in total. The van der Waals surface area contributed by atoms with Crippen LogP contribution < -0.4 is 5.56 Å². The van der Waals surface area contributed by atoms with Crippen LogP contribution in [0, 0.1) is 19.7 Å². The van der Waals surface area contributed by atoms with Gasteiger partial charge in [0.25, 0.3) is 5.56 Å². The maximum Gasteiger partial charge on any atom is 0.303 e. The zero-order valence-electron chi connectivity index (χ0n) is 21.9. The van der Waals surface area contributed by atoms with E-state index in [0.717, 1.165) is 66.0 Å². The van der Waals surface area contributed by atoms with Crippen molar-refractivity contribution in [1.82, 2.24) is 19.4 Å². The third-order valence-corrected chi connectivity index (χ3v) is 7.02. The normalized spacial score (nSPS) is 14.3.